The largest absolute Gasteiger partial charge is 0.489 e. The van der Waals surface area contributed by atoms with Gasteiger partial charge in [0.15, 0.2) is 6.61 Å². The first kappa shape index (κ1) is 14.5. The smallest absolute Gasteiger partial charge is 0.294 e. The fraction of sp³-hybridized carbons (Fsp3) is 0.125. The molecule has 2 aromatic carbocycles. The maximum atomic E-state index is 11.0. The average molecular weight is 283 g/mol. The summed E-state index contributed by atoms with van der Waals surface area (Å²) in [6.07, 6.45) is 1.17. The molecule has 0 unspecified atom stereocenters. The first-order valence-corrected chi connectivity index (χ1v) is 6.28. The van der Waals surface area contributed by atoms with Crippen molar-refractivity contribution < 1.29 is 19.1 Å². The van der Waals surface area contributed by atoms with Gasteiger partial charge in [-0.2, -0.15) is 0 Å². The van der Waals surface area contributed by atoms with Crippen molar-refractivity contribution in [2.75, 3.05) is 6.61 Å². The lowest BCUT2D eigenvalue weighted by molar-refractivity contribution is -0.119. The Morgan fingerprint density at radius 1 is 0.952 bits per heavy atom. The van der Waals surface area contributed by atoms with Crippen LogP contribution in [0.15, 0.2) is 59.6 Å². The lowest BCUT2D eigenvalue weighted by atomic mass is 10.2. The zero-order valence-electron chi connectivity index (χ0n) is 11.2. The molecule has 2 aromatic rings. The molecule has 0 heterocycles. The predicted octanol–water partition coefficient (Wildman–Crippen LogP) is 2.51. The van der Waals surface area contributed by atoms with Crippen molar-refractivity contribution in [1.29, 1.82) is 0 Å². The number of nitrogens with zero attached hydrogens (tertiary/aromatic N) is 1. The normalized spacial score (nSPS) is 9.52. The first-order valence-electron chi connectivity index (χ1n) is 6.28. The summed E-state index contributed by atoms with van der Waals surface area (Å²) in [6, 6.07) is 16.7. The fourth-order valence-electron chi connectivity index (χ4n) is 1.60. The van der Waals surface area contributed by atoms with E-state index in [1.807, 2.05) is 30.3 Å². The molecule has 0 radical (unpaired) electrons. The summed E-state index contributed by atoms with van der Waals surface area (Å²) in [5, 5.41) is 0. The second-order valence-electron chi connectivity index (χ2n) is 4.13. The highest BCUT2D eigenvalue weighted by Gasteiger charge is 2.01. The molecule has 106 valence electrons. The van der Waals surface area contributed by atoms with E-state index < -0.39 is 5.91 Å². The van der Waals surface area contributed by atoms with Gasteiger partial charge in [0.2, 0.25) is 6.08 Å². The van der Waals surface area contributed by atoms with E-state index in [1.54, 1.807) is 24.3 Å². The molecule has 0 spiro atoms. The summed E-state index contributed by atoms with van der Waals surface area (Å²) in [7, 11) is 0. The van der Waals surface area contributed by atoms with Gasteiger partial charge in [-0.25, -0.2) is 4.79 Å². The first-order chi connectivity index (χ1) is 10.3. The molecule has 0 aliphatic heterocycles. The van der Waals surface area contributed by atoms with Crippen molar-refractivity contribution in [3.05, 3.63) is 60.2 Å². The molecule has 0 saturated carbocycles. The Bertz CT molecular complexity index is 631. The van der Waals surface area contributed by atoms with Crippen molar-refractivity contribution in [3.8, 4) is 11.5 Å². The summed E-state index contributed by atoms with van der Waals surface area (Å²) in [5.74, 6) is 0.523. The fourth-order valence-corrected chi connectivity index (χ4v) is 1.60. The van der Waals surface area contributed by atoms with Crippen LogP contribution in [0, 0.1) is 0 Å². The molecule has 0 N–H and O–H groups in total. The molecule has 1 amide bonds. The third-order valence-electron chi connectivity index (χ3n) is 2.60. The Morgan fingerprint density at radius 3 is 2.19 bits per heavy atom. The number of isocyanates is 1. The number of hydrogen-bond donors (Lipinski definition) is 0. The van der Waals surface area contributed by atoms with E-state index in [0.717, 1.165) is 5.56 Å². The summed E-state index contributed by atoms with van der Waals surface area (Å²) < 4.78 is 10.8. The van der Waals surface area contributed by atoms with Gasteiger partial charge in [0.25, 0.3) is 5.91 Å². The molecule has 0 aliphatic rings. The molecular formula is C16H13NO4. The molecule has 5 nitrogen and oxygen atoms in total. The van der Waals surface area contributed by atoms with Crippen molar-refractivity contribution >= 4 is 12.0 Å². The van der Waals surface area contributed by atoms with E-state index in [-0.39, 0.29) is 6.61 Å². The summed E-state index contributed by atoms with van der Waals surface area (Å²) >= 11 is 0. The van der Waals surface area contributed by atoms with Crippen molar-refractivity contribution in [2.24, 2.45) is 4.99 Å². The Hall–Kier alpha value is -2.91. The molecule has 0 atom stereocenters. The quantitative estimate of drug-likeness (QED) is 0.603. The van der Waals surface area contributed by atoms with Crippen LogP contribution in [0.5, 0.6) is 11.5 Å². The monoisotopic (exact) mass is 283 g/mol. The molecular weight excluding hydrogens is 270 g/mol. The van der Waals surface area contributed by atoms with Crippen LogP contribution >= 0.6 is 0 Å². The third-order valence-corrected chi connectivity index (χ3v) is 2.60. The summed E-state index contributed by atoms with van der Waals surface area (Å²) in [5.41, 5.74) is 1.08. The van der Waals surface area contributed by atoms with Crippen LogP contribution in [-0.4, -0.2) is 18.6 Å². The van der Waals surface area contributed by atoms with Gasteiger partial charge in [-0.1, -0.05) is 30.3 Å². The van der Waals surface area contributed by atoms with E-state index in [9.17, 15) is 9.59 Å². The SMILES string of the molecule is O=C=NC(=O)COc1ccc(OCc2ccccc2)cc1. The number of ether oxygens (including phenoxy) is 2. The highest BCUT2D eigenvalue weighted by molar-refractivity contribution is 5.82. The van der Waals surface area contributed by atoms with Crippen LogP contribution in [0.1, 0.15) is 5.56 Å². The molecule has 5 heteroatoms. The molecule has 0 bridgehead atoms. The van der Waals surface area contributed by atoms with Gasteiger partial charge in [0, 0.05) is 0 Å². The van der Waals surface area contributed by atoms with E-state index in [1.165, 1.54) is 6.08 Å². The Kier molecular flexibility index (Phi) is 5.26. The third kappa shape index (κ3) is 4.93. The highest BCUT2D eigenvalue weighted by atomic mass is 16.5. The Labute approximate surface area is 121 Å². The van der Waals surface area contributed by atoms with E-state index in [4.69, 9.17) is 9.47 Å². The number of carbonyl (C=O) groups is 1. The van der Waals surface area contributed by atoms with Gasteiger partial charge >= 0.3 is 0 Å². The number of amides is 1. The highest BCUT2D eigenvalue weighted by Crippen LogP contribution is 2.18. The molecule has 0 aliphatic carbocycles. The Balaban J connectivity index is 1.84. The standard InChI is InChI=1S/C16H13NO4/c18-12-17-16(19)11-21-15-8-6-14(7-9-15)20-10-13-4-2-1-3-5-13/h1-9H,10-11H2. The second kappa shape index (κ2) is 7.62. The number of aliphatic imine (C=N–C) groups is 1. The number of benzene rings is 2. The second-order valence-corrected chi connectivity index (χ2v) is 4.13. The zero-order valence-corrected chi connectivity index (χ0v) is 11.2. The molecule has 2 rings (SSSR count). The van der Waals surface area contributed by atoms with Gasteiger partial charge in [-0.15, -0.1) is 4.99 Å². The molecule has 0 fully saturated rings. The van der Waals surface area contributed by atoms with Gasteiger partial charge < -0.3 is 9.47 Å². The number of rotatable bonds is 6. The van der Waals surface area contributed by atoms with Crippen molar-refractivity contribution in [1.82, 2.24) is 0 Å². The zero-order chi connectivity index (χ0) is 14.9. The Morgan fingerprint density at radius 2 is 1.57 bits per heavy atom. The van der Waals surface area contributed by atoms with Gasteiger partial charge in [-0.05, 0) is 29.8 Å². The van der Waals surface area contributed by atoms with E-state index >= 15 is 0 Å². The van der Waals surface area contributed by atoms with Crippen molar-refractivity contribution in [3.63, 3.8) is 0 Å². The molecule has 21 heavy (non-hydrogen) atoms. The number of carbonyl (C=O) groups excluding carboxylic acids is 2. The predicted molar refractivity (Wildman–Crippen MR) is 75.8 cm³/mol. The van der Waals surface area contributed by atoms with Crippen LogP contribution in [-0.2, 0) is 16.2 Å². The maximum Gasteiger partial charge on any atom is 0.294 e. The summed E-state index contributed by atoms with van der Waals surface area (Å²) in [6.45, 7) is 0.188. The van der Waals surface area contributed by atoms with Crippen LogP contribution in [0.25, 0.3) is 0 Å². The van der Waals surface area contributed by atoms with Crippen LogP contribution in [0.3, 0.4) is 0 Å². The van der Waals surface area contributed by atoms with Gasteiger partial charge in [-0.3, -0.25) is 4.79 Å². The lowest BCUT2D eigenvalue weighted by Crippen LogP contribution is -2.08. The number of hydrogen-bond acceptors (Lipinski definition) is 4. The summed E-state index contributed by atoms with van der Waals surface area (Å²) in [4.78, 5) is 23.8. The van der Waals surface area contributed by atoms with E-state index in [2.05, 4.69) is 4.99 Å². The van der Waals surface area contributed by atoms with Crippen molar-refractivity contribution in [2.45, 2.75) is 6.61 Å². The van der Waals surface area contributed by atoms with Gasteiger partial charge in [0.1, 0.15) is 18.1 Å². The van der Waals surface area contributed by atoms with Crippen LogP contribution in [0.4, 0.5) is 0 Å². The van der Waals surface area contributed by atoms with Crippen LogP contribution < -0.4 is 9.47 Å². The minimum Gasteiger partial charge on any atom is -0.489 e. The molecule has 0 saturated heterocycles. The average Bonchev–Trinajstić information content (AvgIpc) is 2.53. The molecule has 0 aromatic heterocycles. The minimum absolute atomic E-state index is 0.292. The topological polar surface area (TPSA) is 65.0 Å². The minimum atomic E-state index is -0.672. The maximum absolute atomic E-state index is 11.0. The van der Waals surface area contributed by atoms with Crippen LogP contribution in [0.2, 0.25) is 0 Å². The lowest BCUT2D eigenvalue weighted by Gasteiger charge is -2.07. The van der Waals surface area contributed by atoms with Gasteiger partial charge in [0.05, 0.1) is 0 Å². The van der Waals surface area contributed by atoms with E-state index in [0.29, 0.717) is 18.1 Å².